The van der Waals surface area contributed by atoms with Crippen LogP contribution in [0.3, 0.4) is 0 Å². The fraction of sp³-hybridized carbons (Fsp3) is 0.379. The largest absolute Gasteiger partial charge is 0.507 e. The summed E-state index contributed by atoms with van der Waals surface area (Å²) in [5.41, 5.74) is 2.43. The summed E-state index contributed by atoms with van der Waals surface area (Å²) in [6, 6.07) is 14.0. The monoisotopic (exact) mass is 475 g/mol. The fourth-order valence-electron chi connectivity index (χ4n) is 4.61. The van der Waals surface area contributed by atoms with Crippen LogP contribution >= 0.6 is 0 Å². The highest BCUT2D eigenvalue weighted by atomic mass is 16.5. The molecule has 6 nitrogen and oxygen atoms in total. The number of amides is 1. The third-order valence-electron chi connectivity index (χ3n) is 6.55. The van der Waals surface area contributed by atoms with Crippen molar-refractivity contribution in [2.45, 2.75) is 51.2 Å². The van der Waals surface area contributed by atoms with Gasteiger partial charge in [0.25, 0.3) is 11.7 Å². The zero-order valence-corrected chi connectivity index (χ0v) is 20.6. The normalized spacial score (nSPS) is 22.0. The molecule has 2 aromatic carbocycles. The summed E-state index contributed by atoms with van der Waals surface area (Å²) in [4.78, 5) is 28.0. The molecule has 2 atom stereocenters. The van der Waals surface area contributed by atoms with Crippen molar-refractivity contribution in [1.29, 1.82) is 0 Å². The number of ketones is 1. The molecule has 0 saturated carbocycles. The van der Waals surface area contributed by atoms with Crippen molar-refractivity contribution in [3.8, 4) is 5.75 Å². The van der Waals surface area contributed by atoms with Crippen molar-refractivity contribution in [3.05, 3.63) is 83.4 Å². The average molecular weight is 476 g/mol. The van der Waals surface area contributed by atoms with Crippen LogP contribution in [0.2, 0.25) is 0 Å². The Kier molecular flexibility index (Phi) is 7.13. The molecule has 2 aliphatic heterocycles. The molecule has 184 valence electrons. The summed E-state index contributed by atoms with van der Waals surface area (Å²) < 4.78 is 11.3. The lowest BCUT2D eigenvalue weighted by atomic mass is 9.85. The molecule has 0 spiro atoms. The number of hydrogen-bond acceptors (Lipinski definition) is 5. The number of benzene rings is 2. The Bertz CT molecular complexity index is 1120. The highest BCUT2D eigenvalue weighted by Crippen LogP contribution is 2.40. The Morgan fingerprint density at radius 2 is 1.83 bits per heavy atom. The van der Waals surface area contributed by atoms with E-state index in [1.807, 2.05) is 24.3 Å². The summed E-state index contributed by atoms with van der Waals surface area (Å²) in [6.07, 6.45) is 3.30. The molecule has 0 radical (unpaired) electrons. The molecule has 2 aliphatic rings. The second-order valence-electron chi connectivity index (χ2n) is 10.1. The molecule has 6 heteroatoms. The fourth-order valence-corrected chi connectivity index (χ4v) is 4.61. The second kappa shape index (κ2) is 10.1. The maximum absolute atomic E-state index is 13.2. The molecule has 2 fully saturated rings. The van der Waals surface area contributed by atoms with Gasteiger partial charge >= 0.3 is 0 Å². The standard InChI is InChI=1S/C29H33NO5/c1-5-16-34-22-14-10-20(11-15-22)26(31)24-25(19-8-12-21(13-9-19)29(2,3)4)30(28(33)27(24)32)18-23-7-6-17-35-23/h5,8-15,23,25,31H,1,6-7,16-18H2,2-4H3/t23-,25-/m1/s1. The Balaban J connectivity index is 1.76. The van der Waals surface area contributed by atoms with Crippen LogP contribution in [0.25, 0.3) is 5.76 Å². The van der Waals surface area contributed by atoms with E-state index in [4.69, 9.17) is 9.47 Å². The quantitative estimate of drug-likeness (QED) is 0.259. The van der Waals surface area contributed by atoms with Gasteiger partial charge in [-0.15, -0.1) is 0 Å². The van der Waals surface area contributed by atoms with Crippen molar-refractivity contribution >= 4 is 17.4 Å². The van der Waals surface area contributed by atoms with Crippen LogP contribution in [0, 0.1) is 0 Å². The van der Waals surface area contributed by atoms with E-state index in [9.17, 15) is 14.7 Å². The minimum Gasteiger partial charge on any atom is -0.507 e. The van der Waals surface area contributed by atoms with E-state index < -0.39 is 17.7 Å². The van der Waals surface area contributed by atoms with E-state index >= 15 is 0 Å². The van der Waals surface area contributed by atoms with Gasteiger partial charge in [-0.3, -0.25) is 9.59 Å². The maximum Gasteiger partial charge on any atom is 0.295 e. The lowest BCUT2D eigenvalue weighted by molar-refractivity contribution is -0.140. The summed E-state index contributed by atoms with van der Waals surface area (Å²) in [5.74, 6) is -0.872. The van der Waals surface area contributed by atoms with E-state index in [0.717, 1.165) is 24.0 Å². The second-order valence-corrected chi connectivity index (χ2v) is 10.1. The molecular weight excluding hydrogens is 442 g/mol. The van der Waals surface area contributed by atoms with Gasteiger partial charge in [-0.25, -0.2) is 0 Å². The predicted octanol–water partition coefficient (Wildman–Crippen LogP) is 5.15. The SMILES string of the molecule is C=CCOc1ccc(C(O)=C2C(=O)C(=O)N(C[C@H]3CCCO3)[C@@H]2c2ccc(C(C)(C)C)cc2)cc1. The molecule has 0 aromatic heterocycles. The average Bonchev–Trinajstić information content (AvgIpc) is 3.44. The van der Waals surface area contributed by atoms with E-state index in [1.54, 1.807) is 35.2 Å². The van der Waals surface area contributed by atoms with Crippen LogP contribution in [-0.4, -0.2) is 47.6 Å². The van der Waals surface area contributed by atoms with Crippen molar-refractivity contribution in [2.24, 2.45) is 0 Å². The van der Waals surface area contributed by atoms with Crippen molar-refractivity contribution in [2.75, 3.05) is 19.8 Å². The van der Waals surface area contributed by atoms with Crippen molar-refractivity contribution < 1.29 is 24.2 Å². The van der Waals surface area contributed by atoms with Crippen LogP contribution in [0.5, 0.6) is 5.75 Å². The molecule has 0 bridgehead atoms. The first-order valence-corrected chi connectivity index (χ1v) is 12.1. The van der Waals surface area contributed by atoms with Crippen LogP contribution < -0.4 is 4.74 Å². The van der Waals surface area contributed by atoms with E-state index in [-0.39, 0.29) is 22.9 Å². The van der Waals surface area contributed by atoms with Gasteiger partial charge in [0.2, 0.25) is 0 Å². The lowest BCUT2D eigenvalue weighted by Gasteiger charge is -2.28. The summed E-state index contributed by atoms with van der Waals surface area (Å²) >= 11 is 0. The Hall–Kier alpha value is -3.38. The van der Waals surface area contributed by atoms with Gasteiger partial charge in [0, 0.05) is 18.7 Å². The number of aliphatic hydroxyl groups is 1. The van der Waals surface area contributed by atoms with Gasteiger partial charge in [0.05, 0.1) is 17.7 Å². The van der Waals surface area contributed by atoms with Gasteiger partial charge in [-0.1, -0.05) is 57.7 Å². The number of hydrogen-bond donors (Lipinski definition) is 1. The molecule has 2 saturated heterocycles. The highest BCUT2D eigenvalue weighted by Gasteiger charge is 2.47. The van der Waals surface area contributed by atoms with Gasteiger partial charge in [0.15, 0.2) is 0 Å². The number of ether oxygens (including phenoxy) is 2. The Labute approximate surface area is 206 Å². The zero-order valence-electron chi connectivity index (χ0n) is 20.6. The Morgan fingerprint density at radius 1 is 1.14 bits per heavy atom. The molecule has 2 heterocycles. The molecule has 35 heavy (non-hydrogen) atoms. The summed E-state index contributed by atoms with van der Waals surface area (Å²) in [5, 5.41) is 11.3. The predicted molar refractivity (Wildman–Crippen MR) is 135 cm³/mol. The minimum absolute atomic E-state index is 0.0343. The summed E-state index contributed by atoms with van der Waals surface area (Å²) in [7, 11) is 0. The van der Waals surface area contributed by atoms with Crippen LogP contribution in [0.4, 0.5) is 0 Å². The van der Waals surface area contributed by atoms with E-state index in [1.165, 1.54) is 0 Å². The first-order chi connectivity index (χ1) is 16.7. The minimum atomic E-state index is -0.690. The first-order valence-electron chi connectivity index (χ1n) is 12.1. The van der Waals surface area contributed by atoms with Gasteiger partial charge in [-0.2, -0.15) is 0 Å². The topological polar surface area (TPSA) is 76.1 Å². The maximum atomic E-state index is 13.2. The zero-order chi connectivity index (χ0) is 25.2. The third kappa shape index (κ3) is 5.17. The van der Waals surface area contributed by atoms with Crippen molar-refractivity contribution in [1.82, 2.24) is 4.90 Å². The smallest absolute Gasteiger partial charge is 0.295 e. The molecule has 0 aliphatic carbocycles. The van der Waals surface area contributed by atoms with Gasteiger partial charge < -0.3 is 19.5 Å². The number of likely N-dealkylation sites (tertiary alicyclic amines) is 1. The van der Waals surface area contributed by atoms with Crippen LogP contribution in [-0.2, 0) is 19.7 Å². The number of Topliss-reactive ketones (excluding diaryl/α,β-unsaturated/α-hetero) is 1. The number of carbonyl (C=O) groups excluding carboxylic acids is 2. The number of carbonyl (C=O) groups is 2. The number of nitrogens with zero attached hydrogens (tertiary/aromatic N) is 1. The molecule has 1 N–H and O–H groups in total. The molecule has 0 unspecified atom stereocenters. The lowest BCUT2D eigenvalue weighted by Crippen LogP contribution is -2.36. The molecular formula is C29H33NO5. The van der Waals surface area contributed by atoms with Gasteiger partial charge in [0.1, 0.15) is 18.1 Å². The molecule has 4 rings (SSSR count). The Morgan fingerprint density at radius 3 is 2.40 bits per heavy atom. The van der Waals surface area contributed by atoms with E-state index in [2.05, 4.69) is 27.4 Å². The molecule has 1 amide bonds. The van der Waals surface area contributed by atoms with Crippen LogP contribution in [0.1, 0.15) is 56.3 Å². The van der Waals surface area contributed by atoms with Crippen LogP contribution in [0.15, 0.2) is 66.8 Å². The van der Waals surface area contributed by atoms with Gasteiger partial charge in [-0.05, 0) is 53.6 Å². The van der Waals surface area contributed by atoms with Crippen molar-refractivity contribution in [3.63, 3.8) is 0 Å². The number of rotatable bonds is 7. The van der Waals surface area contributed by atoms with E-state index in [0.29, 0.717) is 31.1 Å². The number of aliphatic hydroxyl groups excluding tert-OH is 1. The third-order valence-corrected chi connectivity index (χ3v) is 6.55. The molecule has 2 aromatic rings. The summed E-state index contributed by atoms with van der Waals surface area (Å²) in [6.45, 7) is 11.4. The highest BCUT2D eigenvalue weighted by molar-refractivity contribution is 6.46. The first kappa shape index (κ1) is 24.7.